The number of hydrogen-bond donors (Lipinski definition) is 0. The molecule has 3 aliphatic heterocycles. The van der Waals surface area contributed by atoms with E-state index in [1.165, 1.54) is 22.2 Å². The van der Waals surface area contributed by atoms with Gasteiger partial charge in [0.25, 0.3) is 0 Å². The van der Waals surface area contributed by atoms with Crippen molar-refractivity contribution < 1.29 is 14.4 Å². The predicted octanol–water partition coefficient (Wildman–Crippen LogP) is 0.976. The van der Waals surface area contributed by atoms with Gasteiger partial charge in [0.15, 0.2) is 0 Å². The number of carbonyl (C=O) groups excluding carboxylic acids is 2. The summed E-state index contributed by atoms with van der Waals surface area (Å²) < 4.78 is 1.43. The molecule has 3 heterocycles. The van der Waals surface area contributed by atoms with E-state index < -0.39 is 6.10 Å². The van der Waals surface area contributed by atoms with Gasteiger partial charge in [-0.1, -0.05) is 0 Å². The van der Waals surface area contributed by atoms with Crippen LogP contribution < -0.4 is 4.46 Å². The zero-order valence-corrected chi connectivity index (χ0v) is 15.9. The predicted molar refractivity (Wildman–Crippen MR) is 93.1 cm³/mol. The van der Waals surface area contributed by atoms with Crippen LogP contribution in [0.3, 0.4) is 0 Å². The van der Waals surface area contributed by atoms with Gasteiger partial charge in [0.05, 0.1) is 0 Å². The summed E-state index contributed by atoms with van der Waals surface area (Å²) in [5.41, 5.74) is 0. The van der Waals surface area contributed by atoms with Crippen LogP contribution in [0.4, 0.5) is 0 Å². The van der Waals surface area contributed by atoms with Crippen LogP contribution >= 0.6 is 0 Å². The molecular weight excluding hydrogens is 383 g/mol. The molecule has 132 valence electrons. The molecular formula is C19H22N2O3Se. The molecule has 0 spiro atoms. The van der Waals surface area contributed by atoms with Gasteiger partial charge >= 0.3 is 154 Å². The van der Waals surface area contributed by atoms with Gasteiger partial charge in [-0.3, -0.25) is 0 Å². The van der Waals surface area contributed by atoms with Gasteiger partial charge in [-0.25, -0.2) is 0 Å². The maximum atomic E-state index is 12.5. The molecule has 2 amide bonds. The third-order valence-electron chi connectivity index (χ3n) is 6.34. The molecule has 1 aromatic carbocycles. The van der Waals surface area contributed by atoms with Crippen molar-refractivity contribution in [3.8, 4) is 0 Å². The molecule has 3 saturated heterocycles. The zero-order valence-electron chi connectivity index (χ0n) is 14.2. The number of amides is 2. The number of hydroxylamine groups is 2. The van der Waals surface area contributed by atoms with Crippen molar-refractivity contribution in [1.29, 1.82) is 0 Å². The first-order chi connectivity index (χ1) is 12.1. The SMILES string of the molecule is CN1C(=O)[C@H]2[C@H](ON3[C@H]4[C@H](CC[C@@H]4[Se]c4ccccc4)CC[C@@H]23)C1=O. The third kappa shape index (κ3) is 2.35. The second-order valence-electron chi connectivity index (χ2n) is 7.59. The molecule has 5 nitrogen and oxygen atoms in total. The van der Waals surface area contributed by atoms with Crippen LogP contribution in [0.5, 0.6) is 0 Å². The second kappa shape index (κ2) is 5.91. The molecule has 0 N–H and O–H groups in total. The van der Waals surface area contributed by atoms with E-state index in [1.54, 1.807) is 7.05 Å². The van der Waals surface area contributed by atoms with E-state index >= 15 is 0 Å². The van der Waals surface area contributed by atoms with Crippen LogP contribution in [-0.2, 0) is 14.4 Å². The van der Waals surface area contributed by atoms with Gasteiger partial charge in [-0.2, -0.15) is 0 Å². The number of carbonyl (C=O) groups is 2. The zero-order chi connectivity index (χ0) is 17.1. The van der Waals surface area contributed by atoms with Crippen LogP contribution in [0, 0.1) is 11.8 Å². The van der Waals surface area contributed by atoms with Gasteiger partial charge in [-0.05, 0) is 0 Å². The second-order valence-corrected chi connectivity index (χ2v) is 10.3. The Hall–Kier alpha value is -1.20. The van der Waals surface area contributed by atoms with E-state index in [-0.39, 0.29) is 23.8 Å². The number of likely N-dealkylation sites (tertiary alicyclic amines) is 1. The van der Waals surface area contributed by atoms with Crippen LogP contribution in [0.1, 0.15) is 25.7 Å². The van der Waals surface area contributed by atoms with Gasteiger partial charge in [0.1, 0.15) is 0 Å². The molecule has 4 fully saturated rings. The molecule has 1 aliphatic carbocycles. The van der Waals surface area contributed by atoms with Crippen LogP contribution in [0.25, 0.3) is 0 Å². The number of piperidine rings is 1. The van der Waals surface area contributed by atoms with Gasteiger partial charge in [-0.15, -0.1) is 0 Å². The molecule has 0 bridgehead atoms. The van der Waals surface area contributed by atoms with Gasteiger partial charge in [0, 0.05) is 0 Å². The fraction of sp³-hybridized carbons (Fsp3) is 0.579. The Morgan fingerprint density at radius 2 is 1.80 bits per heavy atom. The van der Waals surface area contributed by atoms with E-state index in [2.05, 4.69) is 35.4 Å². The standard InChI is InChI=1S/C19H22N2O3Se/c1-20-18(22)15-13-9-7-11-8-10-14(25-12-5-3-2-4-6-12)16(11)21(13)24-17(15)19(20)23/h2-6,11,13-17H,7-10H2,1H3/t11-,13-,14-,15+,16-,17-/m0/s1. The molecule has 1 saturated carbocycles. The number of nitrogens with zero attached hydrogens (tertiary/aromatic N) is 2. The quantitative estimate of drug-likeness (QED) is 0.544. The normalized spacial score (nSPS) is 40.3. The van der Waals surface area contributed by atoms with Crippen molar-refractivity contribution in [1.82, 2.24) is 9.96 Å². The maximum absolute atomic E-state index is 12.5. The molecule has 0 radical (unpaired) electrons. The molecule has 6 heteroatoms. The first-order valence-electron chi connectivity index (χ1n) is 9.13. The molecule has 0 aromatic heterocycles. The summed E-state index contributed by atoms with van der Waals surface area (Å²) in [6.45, 7) is 0. The first-order valence-corrected chi connectivity index (χ1v) is 11.0. The Kier molecular flexibility index (Phi) is 3.79. The topological polar surface area (TPSA) is 49.9 Å². The number of imide groups is 1. The van der Waals surface area contributed by atoms with Crippen LogP contribution in [0.2, 0.25) is 4.82 Å². The Labute approximate surface area is 153 Å². The minimum absolute atomic E-state index is 0.0518. The summed E-state index contributed by atoms with van der Waals surface area (Å²) >= 11 is 0.397. The van der Waals surface area contributed by atoms with E-state index in [0.29, 0.717) is 31.7 Å². The van der Waals surface area contributed by atoms with E-state index in [0.717, 1.165) is 12.8 Å². The molecule has 25 heavy (non-hydrogen) atoms. The third-order valence-corrected chi connectivity index (χ3v) is 9.19. The van der Waals surface area contributed by atoms with Crippen molar-refractivity contribution in [3.63, 3.8) is 0 Å². The fourth-order valence-electron chi connectivity index (χ4n) is 5.15. The van der Waals surface area contributed by atoms with E-state index in [1.807, 2.05) is 0 Å². The summed E-state index contributed by atoms with van der Waals surface area (Å²) in [4.78, 5) is 32.9. The molecule has 5 rings (SSSR count). The summed E-state index contributed by atoms with van der Waals surface area (Å²) in [6.07, 6.45) is 4.03. The number of benzene rings is 1. The van der Waals surface area contributed by atoms with Crippen molar-refractivity contribution in [2.75, 3.05) is 7.05 Å². The molecule has 0 unspecified atom stereocenters. The summed E-state index contributed by atoms with van der Waals surface area (Å²) in [5, 5.41) is 2.11. The van der Waals surface area contributed by atoms with Crippen molar-refractivity contribution in [2.45, 2.75) is 48.7 Å². The first kappa shape index (κ1) is 16.0. The van der Waals surface area contributed by atoms with E-state index in [4.69, 9.17) is 4.84 Å². The molecule has 6 atom stereocenters. The Morgan fingerprint density at radius 3 is 2.60 bits per heavy atom. The fourth-order valence-corrected chi connectivity index (χ4v) is 8.08. The molecule has 1 aromatic rings. The Bertz CT molecular complexity index is 712. The van der Waals surface area contributed by atoms with Crippen molar-refractivity contribution >= 4 is 31.2 Å². The average molecular weight is 405 g/mol. The Balaban J connectivity index is 1.41. The number of rotatable bonds is 2. The number of hydrogen-bond acceptors (Lipinski definition) is 4. The van der Waals surface area contributed by atoms with Crippen LogP contribution in [0.15, 0.2) is 30.3 Å². The number of fused-ring (bicyclic) bond motifs is 5. The van der Waals surface area contributed by atoms with Gasteiger partial charge in [0.2, 0.25) is 0 Å². The Morgan fingerprint density at radius 1 is 1.04 bits per heavy atom. The molecule has 4 aliphatic rings. The minimum atomic E-state index is -0.577. The van der Waals surface area contributed by atoms with Crippen molar-refractivity contribution in [2.24, 2.45) is 11.8 Å². The summed E-state index contributed by atoms with van der Waals surface area (Å²) in [6, 6.07) is 11.2. The summed E-state index contributed by atoms with van der Waals surface area (Å²) in [5.74, 6) is 0.144. The number of likely N-dealkylation sites (N-methyl/N-ethyl adjacent to an activating group) is 1. The summed E-state index contributed by atoms with van der Waals surface area (Å²) in [7, 11) is 1.58. The van der Waals surface area contributed by atoms with Crippen molar-refractivity contribution in [3.05, 3.63) is 30.3 Å². The average Bonchev–Trinajstić information content (AvgIpc) is 3.26. The van der Waals surface area contributed by atoms with Gasteiger partial charge < -0.3 is 0 Å². The van der Waals surface area contributed by atoms with Crippen LogP contribution in [-0.4, -0.2) is 62.0 Å². The van der Waals surface area contributed by atoms with E-state index in [9.17, 15) is 9.59 Å². The monoisotopic (exact) mass is 406 g/mol.